The van der Waals surface area contributed by atoms with Crippen LogP contribution in [0.2, 0.25) is 0 Å². The highest BCUT2D eigenvalue weighted by molar-refractivity contribution is 7.22. The number of hydrazone groups is 1. The average Bonchev–Trinajstić information content (AvgIpc) is 3.43. The quantitative estimate of drug-likeness (QED) is 0.182. The zero-order valence-electron chi connectivity index (χ0n) is 17.2. The number of aromatic nitrogens is 2. The summed E-state index contributed by atoms with van der Waals surface area (Å²) in [6, 6.07) is 19.3. The predicted octanol–water partition coefficient (Wildman–Crippen LogP) is 5.80. The van der Waals surface area contributed by atoms with E-state index in [0.717, 1.165) is 26.0 Å². The molecular formula is C23H15N5O3S2. The highest BCUT2D eigenvalue weighted by Gasteiger charge is 2.24. The van der Waals surface area contributed by atoms with Crippen LogP contribution in [0.5, 0.6) is 0 Å². The molecule has 0 aliphatic carbocycles. The number of benzene rings is 3. The topological polar surface area (TPSA) is 102 Å². The summed E-state index contributed by atoms with van der Waals surface area (Å²) in [7, 11) is 0. The van der Waals surface area contributed by atoms with Gasteiger partial charge in [-0.25, -0.2) is 9.97 Å². The minimum atomic E-state index is -0.465. The summed E-state index contributed by atoms with van der Waals surface area (Å²) >= 11 is 2.65. The van der Waals surface area contributed by atoms with Crippen LogP contribution >= 0.6 is 22.7 Å². The first kappa shape index (κ1) is 20.9. The van der Waals surface area contributed by atoms with Crippen LogP contribution in [-0.4, -0.2) is 27.0 Å². The number of hydrogen-bond donors (Lipinski definition) is 0. The van der Waals surface area contributed by atoms with Gasteiger partial charge in [-0.15, -0.1) is 11.3 Å². The van der Waals surface area contributed by atoms with Crippen LogP contribution in [0, 0.1) is 17.0 Å². The van der Waals surface area contributed by atoms with E-state index in [1.54, 1.807) is 12.1 Å². The van der Waals surface area contributed by atoms with Gasteiger partial charge in [-0.05, 0) is 54.4 Å². The maximum absolute atomic E-state index is 13.5. The number of para-hydroxylation sites is 1. The lowest BCUT2D eigenvalue weighted by molar-refractivity contribution is -0.384. The van der Waals surface area contributed by atoms with Crippen molar-refractivity contribution < 1.29 is 9.72 Å². The largest absolute Gasteiger partial charge is 0.309 e. The summed E-state index contributed by atoms with van der Waals surface area (Å²) < 4.78 is 1.85. The number of aryl methyl sites for hydroxylation is 1. The lowest BCUT2D eigenvalue weighted by Gasteiger charge is -2.11. The Morgan fingerprint density at radius 3 is 2.52 bits per heavy atom. The van der Waals surface area contributed by atoms with Crippen molar-refractivity contribution in [2.45, 2.75) is 6.92 Å². The molecule has 0 radical (unpaired) electrons. The molecule has 0 N–H and O–H groups in total. The van der Waals surface area contributed by atoms with E-state index < -0.39 is 10.8 Å². The van der Waals surface area contributed by atoms with Crippen LogP contribution in [0.4, 0.5) is 10.8 Å². The molecule has 5 aromatic rings. The third kappa shape index (κ3) is 4.21. The molecule has 0 fully saturated rings. The maximum Gasteiger partial charge on any atom is 0.309 e. The zero-order valence-corrected chi connectivity index (χ0v) is 18.8. The Kier molecular flexibility index (Phi) is 5.37. The fraction of sp³-hybridized carbons (Fsp3) is 0.0435. The third-order valence-electron chi connectivity index (χ3n) is 4.81. The van der Waals surface area contributed by atoms with E-state index in [0.29, 0.717) is 15.7 Å². The summed E-state index contributed by atoms with van der Waals surface area (Å²) in [5.74, 6) is -0.398. The van der Waals surface area contributed by atoms with Gasteiger partial charge in [0.15, 0.2) is 5.01 Å². The average molecular weight is 474 g/mol. The van der Waals surface area contributed by atoms with Gasteiger partial charge in [0.05, 0.1) is 31.6 Å². The van der Waals surface area contributed by atoms with Gasteiger partial charge in [0.25, 0.3) is 5.69 Å². The van der Waals surface area contributed by atoms with Crippen LogP contribution < -0.4 is 5.01 Å². The van der Waals surface area contributed by atoms with E-state index in [1.165, 1.54) is 46.0 Å². The Hall–Kier alpha value is -4.02. The maximum atomic E-state index is 13.5. The molecule has 0 aliphatic rings. The van der Waals surface area contributed by atoms with E-state index in [1.807, 2.05) is 49.4 Å². The van der Waals surface area contributed by atoms with E-state index >= 15 is 0 Å². The SMILES string of the molecule is Cc1ccc2nc(N(/N=C/c3ccc([N+](=O)[O-])cc3)C(=O)c3nc4ccccc4s3)sc2c1. The van der Waals surface area contributed by atoms with Crippen LogP contribution in [0.25, 0.3) is 20.4 Å². The van der Waals surface area contributed by atoms with Crippen LogP contribution in [-0.2, 0) is 0 Å². The summed E-state index contributed by atoms with van der Waals surface area (Å²) in [4.78, 5) is 33.0. The molecule has 10 heteroatoms. The summed E-state index contributed by atoms with van der Waals surface area (Å²) in [5.41, 5.74) is 3.20. The monoisotopic (exact) mass is 473 g/mol. The number of non-ortho nitro benzene ring substituents is 1. The van der Waals surface area contributed by atoms with E-state index in [-0.39, 0.29) is 5.69 Å². The highest BCUT2D eigenvalue weighted by atomic mass is 32.1. The smallest absolute Gasteiger partial charge is 0.264 e. The Labute approximate surface area is 195 Å². The number of anilines is 1. The van der Waals surface area contributed by atoms with Gasteiger partial charge in [-0.2, -0.15) is 10.1 Å². The van der Waals surface area contributed by atoms with Gasteiger partial charge >= 0.3 is 5.91 Å². The molecule has 0 bridgehead atoms. The van der Waals surface area contributed by atoms with Gasteiger partial charge in [0.1, 0.15) is 0 Å². The molecule has 1 amide bonds. The van der Waals surface area contributed by atoms with Gasteiger partial charge in [0, 0.05) is 12.1 Å². The number of nitrogens with zero attached hydrogens (tertiary/aromatic N) is 5. The second kappa shape index (κ2) is 8.49. The minimum absolute atomic E-state index is 0.0175. The second-order valence-corrected chi connectivity index (χ2v) is 9.20. The minimum Gasteiger partial charge on any atom is -0.264 e. The van der Waals surface area contributed by atoms with Crippen molar-refractivity contribution in [2.75, 3.05) is 5.01 Å². The first-order chi connectivity index (χ1) is 16.0. The second-order valence-electron chi connectivity index (χ2n) is 7.16. The Morgan fingerprint density at radius 2 is 1.76 bits per heavy atom. The Morgan fingerprint density at radius 1 is 1.00 bits per heavy atom. The molecule has 0 aliphatic heterocycles. The van der Waals surface area contributed by atoms with Crippen molar-refractivity contribution in [3.05, 3.63) is 93.0 Å². The zero-order chi connectivity index (χ0) is 22.9. The van der Waals surface area contributed by atoms with E-state index in [9.17, 15) is 14.9 Å². The predicted molar refractivity (Wildman–Crippen MR) is 131 cm³/mol. The molecule has 0 unspecified atom stereocenters. The molecule has 2 aromatic heterocycles. The number of nitro benzene ring substituents is 1. The lowest BCUT2D eigenvalue weighted by Crippen LogP contribution is -2.25. The molecule has 0 saturated heterocycles. The molecule has 3 aromatic carbocycles. The van der Waals surface area contributed by atoms with Crippen LogP contribution in [0.3, 0.4) is 0 Å². The summed E-state index contributed by atoms with van der Waals surface area (Å²) in [5, 5.41) is 17.3. The van der Waals surface area contributed by atoms with Crippen molar-refractivity contribution >= 4 is 66.0 Å². The number of fused-ring (bicyclic) bond motifs is 2. The number of carbonyl (C=O) groups excluding carboxylic acids is 1. The molecule has 8 nitrogen and oxygen atoms in total. The fourth-order valence-corrected chi connectivity index (χ4v) is 5.07. The first-order valence-corrected chi connectivity index (χ1v) is 11.5. The summed E-state index contributed by atoms with van der Waals surface area (Å²) in [6.45, 7) is 2.00. The van der Waals surface area contributed by atoms with E-state index in [4.69, 9.17) is 0 Å². The molecule has 5 rings (SSSR count). The van der Waals surface area contributed by atoms with Crippen molar-refractivity contribution in [3.63, 3.8) is 0 Å². The number of thiazole rings is 2. The number of rotatable bonds is 5. The lowest BCUT2D eigenvalue weighted by atomic mass is 10.2. The third-order valence-corrected chi connectivity index (χ3v) is 6.83. The number of carbonyl (C=O) groups is 1. The van der Waals surface area contributed by atoms with Crippen LogP contribution in [0.1, 0.15) is 20.9 Å². The molecule has 162 valence electrons. The first-order valence-electron chi connectivity index (χ1n) is 9.83. The highest BCUT2D eigenvalue weighted by Crippen LogP contribution is 2.32. The number of nitro groups is 1. The summed E-state index contributed by atoms with van der Waals surface area (Å²) in [6.07, 6.45) is 1.48. The van der Waals surface area contributed by atoms with Gasteiger partial charge in [-0.1, -0.05) is 29.5 Å². The number of hydrogen-bond acceptors (Lipinski definition) is 8. The number of amides is 1. The molecule has 0 saturated carbocycles. The normalized spacial score (nSPS) is 11.4. The van der Waals surface area contributed by atoms with Gasteiger partial charge in [0.2, 0.25) is 5.13 Å². The van der Waals surface area contributed by atoms with E-state index in [2.05, 4.69) is 15.1 Å². The molecule has 2 heterocycles. The Bertz CT molecular complexity index is 1510. The van der Waals surface area contributed by atoms with Crippen LogP contribution in [0.15, 0.2) is 71.8 Å². The van der Waals surface area contributed by atoms with Gasteiger partial charge in [-0.3, -0.25) is 14.9 Å². The Balaban J connectivity index is 1.55. The standard InChI is InChI=1S/C23H15N5O3S2/c1-14-6-11-18-20(12-14)33-23(26-18)27(24-13-15-7-9-16(10-8-15)28(30)31)22(29)21-25-17-4-2-3-5-19(17)32-21/h2-13H,1H3/b24-13+. The molecular weight excluding hydrogens is 458 g/mol. The van der Waals surface area contributed by atoms with Crippen molar-refractivity contribution in [2.24, 2.45) is 5.10 Å². The van der Waals surface area contributed by atoms with Crippen molar-refractivity contribution in [1.82, 2.24) is 9.97 Å². The molecule has 0 atom stereocenters. The molecule has 0 spiro atoms. The van der Waals surface area contributed by atoms with Crippen molar-refractivity contribution in [1.29, 1.82) is 0 Å². The fourth-order valence-electron chi connectivity index (χ4n) is 3.16. The van der Waals surface area contributed by atoms with Crippen molar-refractivity contribution in [3.8, 4) is 0 Å². The molecule has 33 heavy (non-hydrogen) atoms. The van der Waals surface area contributed by atoms with Gasteiger partial charge < -0.3 is 0 Å².